The Morgan fingerprint density at radius 3 is 2.53 bits per heavy atom. The number of nitrogens with one attached hydrogen (secondary N) is 1. The predicted octanol–water partition coefficient (Wildman–Crippen LogP) is -0.373. The van der Waals surface area contributed by atoms with Crippen LogP contribution in [-0.2, 0) is 9.59 Å². The van der Waals surface area contributed by atoms with Crippen molar-refractivity contribution in [1.29, 1.82) is 0 Å². The van der Waals surface area contributed by atoms with Crippen LogP contribution in [0, 0.1) is 0 Å². The van der Waals surface area contributed by atoms with Crippen LogP contribution >= 0.6 is 0 Å². The van der Waals surface area contributed by atoms with E-state index in [0.717, 1.165) is 0 Å². The van der Waals surface area contributed by atoms with Gasteiger partial charge in [0.2, 0.25) is 0 Å². The summed E-state index contributed by atoms with van der Waals surface area (Å²) in [4.78, 5) is 21.5. The number of hydrogen-bond acceptors (Lipinski definition) is 4. The fraction of sp³-hybridized carbons (Fsp3) is 0.273. The minimum atomic E-state index is -1.60. The van der Waals surface area contributed by atoms with Crippen LogP contribution in [0.5, 0.6) is 5.75 Å². The molecule has 6 nitrogen and oxygen atoms in total. The van der Waals surface area contributed by atoms with Crippen molar-refractivity contribution in [1.82, 2.24) is 5.32 Å². The first-order valence-corrected chi connectivity index (χ1v) is 4.95. The smallest absolute Gasteiger partial charge is 0.334 e. The SMILES string of the molecule is O=C(COc1ccccc1)NC[C@H](O)C(=O)O. The molecule has 3 N–H and O–H groups in total. The topological polar surface area (TPSA) is 95.9 Å². The zero-order valence-electron chi connectivity index (χ0n) is 9.00. The first-order valence-electron chi connectivity index (χ1n) is 4.95. The van der Waals surface area contributed by atoms with Crippen LogP contribution in [0.25, 0.3) is 0 Å². The largest absolute Gasteiger partial charge is 0.484 e. The molecule has 6 heteroatoms. The lowest BCUT2D eigenvalue weighted by Crippen LogP contribution is -2.38. The minimum absolute atomic E-state index is 0.226. The highest BCUT2D eigenvalue weighted by atomic mass is 16.5. The van der Waals surface area contributed by atoms with Gasteiger partial charge in [-0.25, -0.2) is 4.79 Å². The Kier molecular flexibility index (Phi) is 4.96. The zero-order valence-corrected chi connectivity index (χ0v) is 9.00. The van der Waals surface area contributed by atoms with Gasteiger partial charge in [0.25, 0.3) is 5.91 Å². The molecule has 0 heterocycles. The van der Waals surface area contributed by atoms with Crippen molar-refractivity contribution in [2.24, 2.45) is 0 Å². The summed E-state index contributed by atoms with van der Waals surface area (Å²) in [5, 5.41) is 19.5. The number of aliphatic hydroxyl groups excluding tert-OH is 1. The number of carboxylic acid groups (broad SMARTS) is 1. The molecule has 0 aromatic heterocycles. The molecule has 1 aromatic carbocycles. The van der Waals surface area contributed by atoms with Crippen LogP contribution in [0.1, 0.15) is 0 Å². The molecule has 0 spiro atoms. The fourth-order valence-corrected chi connectivity index (χ4v) is 1.01. The number of amides is 1. The van der Waals surface area contributed by atoms with E-state index in [0.29, 0.717) is 5.75 Å². The maximum Gasteiger partial charge on any atom is 0.334 e. The number of carbonyl (C=O) groups excluding carboxylic acids is 1. The van der Waals surface area contributed by atoms with Gasteiger partial charge in [-0.3, -0.25) is 4.79 Å². The van der Waals surface area contributed by atoms with Gasteiger partial charge >= 0.3 is 5.97 Å². The van der Waals surface area contributed by atoms with E-state index in [2.05, 4.69) is 5.32 Å². The van der Waals surface area contributed by atoms with Crippen molar-refractivity contribution in [2.45, 2.75) is 6.10 Å². The van der Waals surface area contributed by atoms with Crippen molar-refractivity contribution >= 4 is 11.9 Å². The number of benzene rings is 1. The Morgan fingerprint density at radius 2 is 1.94 bits per heavy atom. The highest BCUT2D eigenvalue weighted by molar-refractivity contribution is 5.79. The molecule has 17 heavy (non-hydrogen) atoms. The number of rotatable bonds is 6. The van der Waals surface area contributed by atoms with Gasteiger partial charge in [0.15, 0.2) is 12.7 Å². The molecule has 0 aliphatic rings. The molecule has 92 valence electrons. The molecule has 1 atom stereocenters. The molecule has 1 aromatic rings. The average molecular weight is 239 g/mol. The van der Waals surface area contributed by atoms with Gasteiger partial charge in [0, 0.05) is 0 Å². The molecule has 1 amide bonds. The summed E-state index contributed by atoms with van der Waals surface area (Å²) in [6, 6.07) is 8.73. The van der Waals surface area contributed by atoms with E-state index in [1.807, 2.05) is 6.07 Å². The third-order valence-electron chi connectivity index (χ3n) is 1.89. The van der Waals surface area contributed by atoms with Crippen molar-refractivity contribution in [3.05, 3.63) is 30.3 Å². The van der Waals surface area contributed by atoms with Gasteiger partial charge in [-0.15, -0.1) is 0 Å². The van der Waals surface area contributed by atoms with E-state index in [4.69, 9.17) is 14.9 Å². The number of aliphatic hydroxyl groups is 1. The monoisotopic (exact) mass is 239 g/mol. The number of aliphatic carboxylic acids is 1. The normalized spacial score (nSPS) is 11.6. The zero-order chi connectivity index (χ0) is 12.7. The van der Waals surface area contributed by atoms with E-state index < -0.39 is 18.0 Å². The lowest BCUT2D eigenvalue weighted by molar-refractivity contribution is -0.146. The van der Waals surface area contributed by atoms with Gasteiger partial charge in [-0.05, 0) is 12.1 Å². The second-order valence-electron chi connectivity index (χ2n) is 3.26. The highest BCUT2D eigenvalue weighted by Gasteiger charge is 2.14. The molecule has 0 radical (unpaired) electrons. The lowest BCUT2D eigenvalue weighted by atomic mass is 10.3. The molecule has 0 fully saturated rings. The summed E-state index contributed by atoms with van der Waals surface area (Å²) in [5.74, 6) is -1.33. The first-order chi connectivity index (χ1) is 8.09. The third-order valence-corrected chi connectivity index (χ3v) is 1.89. The van der Waals surface area contributed by atoms with Crippen LogP contribution in [-0.4, -0.2) is 41.3 Å². The van der Waals surface area contributed by atoms with Gasteiger partial charge in [0.05, 0.1) is 6.54 Å². The minimum Gasteiger partial charge on any atom is -0.484 e. The second-order valence-corrected chi connectivity index (χ2v) is 3.26. The van der Waals surface area contributed by atoms with Crippen LogP contribution < -0.4 is 10.1 Å². The van der Waals surface area contributed by atoms with Gasteiger partial charge in [-0.2, -0.15) is 0 Å². The maximum absolute atomic E-state index is 11.2. The lowest BCUT2D eigenvalue weighted by Gasteiger charge is -2.08. The van der Waals surface area contributed by atoms with Crippen LogP contribution in [0.15, 0.2) is 30.3 Å². The molecule has 0 aliphatic carbocycles. The number of carboxylic acids is 1. The van der Waals surface area contributed by atoms with E-state index in [9.17, 15) is 9.59 Å². The van der Waals surface area contributed by atoms with Crippen molar-refractivity contribution in [2.75, 3.05) is 13.2 Å². The van der Waals surface area contributed by atoms with E-state index in [1.165, 1.54) is 0 Å². The van der Waals surface area contributed by atoms with Crippen LogP contribution in [0.2, 0.25) is 0 Å². The quantitative estimate of drug-likeness (QED) is 0.629. The maximum atomic E-state index is 11.2. The molecule has 1 rings (SSSR count). The Hall–Kier alpha value is -2.08. The number of carbonyl (C=O) groups is 2. The molecule has 0 saturated carbocycles. The summed E-state index contributed by atoms with van der Waals surface area (Å²) in [6.07, 6.45) is -1.60. The number of hydrogen-bond donors (Lipinski definition) is 3. The average Bonchev–Trinajstić information content (AvgIpc) is 2.34. The van der Waals surface area contributed by atoms with E-state index in [1.54, 1.807) is 24.3 Å². The van der Waals surface area contributed by atoms with Gasteiger partial charge in [-0.1, -0.05) is 18.2 Å². The molecule has 0 saturated heterocycles. The highest BCUT2D eigenvalue weighted by Crippen LogP contribution is 2.07. The Balaban J connectivity index is 2.24. The Bertz CT molecular complexity index is 379. The second kappa shape index (κ2) is 6.49. The first kappa shape index (κ1) is 13.0. The number of para-hydroxylation sites is 1. The van der Waals surface area contributed by atoms with Gasteiger partial charge in [0.1, 0.15) is 5.75 Å². The van der Waals surface area contributed by atoms with Gasteiger partial charge < -0.3 is 20.3 Å². The summed E-state index contributed by atoms with van der Waals surface area (Å²) in [6.45, 7) is -0.567. The molecular weight excluding hydrogens is 226 g/mol. The van der Waals surface area contributed by atoms with Crippen molar-refractivity contribution < 1.29 is 24.5 Å². The molecule has 0 aliphatic heterocycles. The van der Waals surface area contributed by atoms with E-state index >= 15 is 0 Å². The number of ether oxygens (including phenoxy) is 1. The fourth-order valence-electron chi connectivity index (χ4n) is 1.01. The summed E-state index contributed by atoms with van der Waals surface area (Å²) in [7, 11) is 0. The summed E-state index contributed by atoms with van der Waals surface area (Å²) < 4.78 is 5.12. The third kappa shape index (κ3) is 4.98. The predicted molar refractivity (Wildman–Crippen MR) is 58.6 cm³/mol. The summed E-state index contributed by atoms with van der Waals surface area (Å²) >= 11 is 0. The van der Waals surface area contributed by atoms with Crippen LogP contribution in [0.3, 0.4) is 0 Å². The van der Waals surface area contributed by atoms with Crippen molar-refractivity contribution in [3.63, 3.8) is 0 Å². The standard InChI is InChI=1S/C11H13NO5/c13-9(11(15)16)6-12-10(14)7-17-8-4-2-1-3-5-8/h1-5,9,13H,6-7H2,(H,12,14)(H,15,16)/t9-/m0/s1. The molecular formula is C11H13NO5. The molecule has 0 unspecified atom stereocenters. The Labute approximate surface area is 97.8 Å². The Morgan fingerprint density at radius 1 is 1.29 bits per heavy atom. The van der Waals surface area contributed by atoms with Crippen LogP contribution in [0.4, 0.5) is 0 Å². The van der Waals surface area contributed by atoms with Crippen molar-refractivity contribution in [3.8, 4) is 5.75 Å². The van der Waals surface area contributed by atoms with E-state index in [-0.39, 0.29) is 13.2 Å². The summed E-state index contributed by atoms with van der Waals surface area (Å²) in [5.41, 5.74) is 0. The molecule has 0 bridgehead atoms.